The van der Waals surface area contributed by atoms with E-state index in [0.717, 1.165) is 5.82 Å². The third-order valence-corrected chi connectivity index (χ3v) is 5.24. The molecule has 1 saturated heterocycles. The summed E-state index contributed by atoms with van der Waals surface area (Å²) in [5.41, 5.74) is 0.656. The maximum atomic E-state index is 12.3. The van der Waals surface area contributed by atoms with E-state index in [1.165, 1.54) is 17.6 Å². The largest absolute Gasteiger partial charge is 0.459 e. The van der Waals surface area contributed by atoms with E-state index in [4.69, 9.17) is 4.42 Å². The summed E-state index contributed by atoms with van der Waals surface area (Å²) in [4.78, 5) is 33.4. The van der Waals surface area contributed by atoms with Crippen LogP contribution < -0.4 is 10.2 Å². The first-order valence-electron chi connectivity index (χ1n) is 8.59. The van der Waals surface area contributed by atoms with Crippen molar-refractivity contribution in [1.29, 1.82) is 0 Å². The highest BCUT2D eigenvalue weighted by molar-refractivity contribution is 7.12. The number of anilines is 2. The maximum Gasteiger partial charge on any atom is 0.289 e. The maximum absolute atomic E-state index is 12.3. The molecule has 138 valence electrons. The Labute approximate surface area is 160 Å². The van der Waals surface area contributed by atoms with Crippen molar-refractivity contribution < 1.29 is 14.0 Å². The summed E-state index contributed by atoms with van der Waals surface area (Å²) in [5.74, 6) is 0.977. The van der Waals surface area contributed by atoms with Crippen LogP contribution in [0.1, 0.15) is 20.2 Å². The van der Waals surface area contributed by atoms with Crippen molar-refractivity contribution in [2.24, 2.45) is 0 Å². The van der Waals surface area contributed by atoms with Crippen LogP contribution in [0.4, 0.5) is 11.5 Å². The van der Waals surface area contributed by atoms with E-state index in [0.29, 0.717) is 42.5 Å². The second kappa shape index (κ2) is 7.63. The predicted molar refractivity (Wildman–Crippen MR) is 103 cm³/mol. The first-order chi connectivity index (χ1) is 13.2. The van der Waals surface area contributed by atoms with Crippen LogP contribution >= 0.6 is 11.3 Å². The SMILES string of the molecule is O=C(Nc1ccc(N2CCN(C(=O)c3ccco3)CC2)nc1)c1cccs1. The van der Waals surface area contributed by atoms with Crippen molar-refractivity contribution in [2.75, 3.05) is 36.4 Å². The molecule has 0 unspecified atom stereocenters. The minimum atomic E-state index is -0.135. The van der Waals surface area contributed by atoms with Crippen LogP contribution in [0.15, 0.2) is 58.7 Å². The first-order valence-corrected chi connectivity index (χ1v) is 9.47. The molecule has 0 spiro atoms. The zero-order valence-corrected chi connectivity index (χ0v) is 15.3. The minimum Gasteiger partial charge on any atom is -0.459 e. The smallest absolute Gasteiger partial charge is 0.289 e. The number of pyridine rings is 1. The molecule has 7 nitrogen and oxygen atoms in total. The standard InChI is InChI=1S/C19H18N4O3S/c24-18(16-4-2-12-27-16)21-14-5-6-17(20-13-14)22-7-9-23(10-8-22)19(25)15-3-1-11-26-15/h1-6,11-13H,7-10H2,(H,21,24). The molecule has 1 aliphatic heterocycles. The van der Waals surface area contributed by atoms with Gasteiger partial charge in [-0.25, -0.2) is 4.98 Å². The molecule has 0 saturated carbocycles. The van der Waals surface area contributed by atoms with E-state index in [2.05, 4.69) is 15.2 Å². The van der Waals surface area contributed by atoms with Crippen LogP contribution in [0.2, 0.25) is 0 Å². The molecule has 0 aliphatic carbocycles. The van der Waals surface area contributed by atoms with E-state index in [1.54, 1.807) is 29.3 Å². The Kier molecular flexibility index (Phi) is 4.88. The number of thiophene rings is 1. The number of amides is 2. The summed E-state index contributed by atoms with van der Waals surface area (Å²) in [5, 5.41) is 4.71. The van der Waals surface area contributed by atoms with Crippen LogP contribution in [0.3, 0.4) is 0 Å². The highest BCUT2D eigenvalue weighted by atomic mass is 32.1. The molecule has 2 amide bonds. The number of furan rings is 1. The van der Waals surface area contributed by atoms with Gasteiger partial charge in [-0.05, 0) is 35.7 Å². The number of nitrogens with zero attached hydrogens (tertiary/aromatic N) is 3. The van der Waals surface area contributed by atoms with Crippen LogP contribution in [0, 0.1) is 0 Å². The lowest BCUT2D eigenvalue weighted by molar-refractivity contribution is 0.0714. The van der Waals surface area contributed by atoms with Gasteiger partial charge in [0.15, 0.2) is 5.76 Å². The van der Waals surface area contributed by atoms with Crippen molar-refractivity contribution in [2.45, 2.75) is 0 Å². The molecule has 4 rings (SSSR count). The fraction of sp³-hybridized carbons (Fsp3) is 0.211. The molecule has 1 N–H and O–H groups in total. The fourth-order valence-corrected chi connectivity index (χ4v) is 3.56. The summed E-state index contributed by atoms with van der Waals surface area (Å²) >= 11 is 1.40. The topological polar surface area (TPSA) is 78.7 Å². The minimum absolute atomic E-state index is 0.0840. The third kappa shape index (κ3) is 3.85. The van der Waals surface area contributed by atoms with Crippen molar-refractivity contribution >= 4 is 34.7 Å². The summed E-state index contributed by atoms with van der Waals surface area (Å²) in [6.45, 7) is 2.61. The highest BCUT2D eigenvalue weighted by Crippen LogP contribution is 2.18. The molecule has 1 fully saturated rings. The molecule has 3 aromatic rings. The molecule has 4 heterocycles. The number of hydrogen-bond donors (Lipinski definition) is 1. The van der Waals surface area contributed by atoms with Crippen LogP contribution in [-0.2, 0) is 0 Å². The van der Waals surface area contributed by atoms with Gasteiger partial charge in [-0.3, -0.25) is 9.59 Å². The van der Waals surface area contributed by atoms with Crippen molar-refractivity contribution in [1.82, 2.24) is 9.88 Å². The average Bonchev–Trinajstić information content (AvgIpc) is 3.42. The zero-order chi connectivity index (χ0) is 18.6. The highest BCUT2D eigenvalue weighted by Gasteiger charge is 2.24. The molecular weight excluding hydrogens is 364 g/mol. The van der Waals surface area contributed by atoms with Gasteiger partial charge in [0.1, 0.15) is 5.82 Å². The zero-order valence-electron chi connectivity index (χ0n) is 14.5. The Hall–Kier alpha value is -3.13. The molecule has 0 bridgehead atoms. The van der Waals surface area contributed by atoms with Gasteiger partial charge in [-0.1, -0.05) is 6.07 Å². The van der Waals surface area contributed by atoms with E-state index >= 15 is 0 Å². The number of rotatable bonds is 4. The molecule has 3 aromatic heterocycles. The monoisotopic (exact) mass is 382 g/mol. The Balaban J connectivity index is 1.33. The molecule has 27 heavy (non-hydrogen) atoms. The van der Waals surface area contributed by atoms with Crippen molar-refractivity contribution in [3.8, 4) is 0 Å². The number of aromatic nitrogens is 1. The molecule has 0 atom stereocenters. The molecule has 8 heteroatoms. The first kappa shape index (κ1) is 17.3. The lowest BCUT2D eigenvalue weighted by atomic mass is 10.2. The van der Waals surface area contributed by atoms with Crippen LogP contribution in [0.25, 0.3) is 0 Å². The van der Waals surface area contributed by atoms with Gasteiger partial charge in [0.05, 0.1) is 23.0 Å². The Bertz CT molecular complexity index is 899. The second-order valence-electron chi connectivity index (χ2n) is 6.09. The summed E-state index contributed by atoms with van der Waals surface area (Å²) in [7, 11) is 0. The predicted octanol–water partition coefficient (Wildman–Crippen LogP) is 2.95. The number of carbonyl (C=O) groups is 2. The molecular formula is C19H18N4O3S. The number of hydrogen-bond acceptors (Lipinski definition) is 6. The molecule has 0 radical (unpaired) electrons. The quantitative estimate of drug-likeness (QED) is 0.751. The third-order valence-electron chi connectivity index (χ3n) is 4.37. The van der Waals surface area contributed by atoms with Gasteiger partial charge >= 0.3 is 0 Å². The van der Waals surface area contributed by atoms with Gasteiger partial charge in [-0.2, -0.15) is 0 Å². The average molecular weight is 382 g/mol. The fourth-order valence-electron chi connectivity index (χ4n) is 2.94. The van der Waals surface area contributed by atoms with Crippen LogP contribution in [0.5, 0.6) is 0 Å². The van der Waals surface area contributed by atoms with E-state index in [9.17, 15) is 9.59 Å². The van der Waals surface area contributed by atoms with Gasteiger partial charge < -0.3 is 19.5 Å². The second-order valence-corrected chi connectivity index (χ2v) is 7.04. The lowest BCUT2D eigenvalue weighted by Crippen LogP contribution is -2.49. The normalized spacial score (nSPS) is 14.2. The van der Waals surface area contributed by atoms with Crippen molar-refractivity contribution in [3.63, 3.8) is 0 Å². The van der Waals surface area contributed by atoms with Crippen molar-refractivity contribution in [3.05, 3.63) is 64.9 Å². The van der Waals surface area contributed by atoms with E-state index in [1.807, 2.05) is 23.6 Å². The lowest BCUT2D eigenvalue weighted by Gasteiger charge is -2.35. The summed E-state index contributed by atoms with van der Waals surface area (Å²) in [6.07, 6.45) is 3.16. The number of piperazine rings is 1. The van der Waals surface area contributed by atoms with Gasteiger partial charge in [0.2, 0.25) is 0 Å². The van der Waals surface area contributed by atoms with E-state index in [-0.39, 0.29) is 11.8 Å². The molecule has 0 aromatic carbocycles. The number of carbonyl (C=O) groups excluding carboxylic acids is 2. The van der Waals surface area contributed by atoms with Gasteiger partial charge in [-0.15, -0.1) is 11.3 Å². The van der Waals surface area contributed by atoms with E-state index < -0.39 is 0 Å². The van der Waals surface area contributed by atoms with Gasteiger partial charge in [0.25, 0.3) is 11.8 Å². The molecule has 1 aliphatic rings. The van der Waals surface area contributed by atoms with Crippen LogP contribution in [-0.4, -0.2) is 47.9 Å². The number of nitrogens with one attached hydrogen (secondary N) is 1. The van der Waals surface area contributed by atoms with Gasteiger partial charge in [0, 0.05) is 26.2 Å². The Morgan fingerprint density at radius 3 is 2.56 bits per heavy atom. The summed E-state index contributed by atoms with van der Waals surface area (Å²) < 4.78 is 5.18. The Morgan fingerprint density at radius 2 is 1.93 bits per heavy atom. The Morgan fingerprint density at radius 1 is 1.07 bits per heavy atom. The summed E-state index contributed by atoms with van der Waals surface area (Å²) in [6, 6.07) is 10.7.